The number of benzene rings is 2. The molecule has 0 radical (unpaired) electrons. The van der Waals surface area contributed by atoms with Gasteiger partial charge in [-0.3, -0.25) is 29.8 Å². The molecule has 0 N–H and O–H groups in total. The van der Waals surface area contributed by atoms with Gasteiger partial charge in [-0.25, -0.2) is 4.90 Å². The minimum absolute atomic E-state index is 0.0638. The molecule has 2 aromatic rings. The zero-order valence-electron chi connectivity index (χ0n) is 15.3. The van der Waals surface area contributed by atoms with E-state index in [4.69, 9.17) is 9.57 Å². The van der Waals surface area contributed by atoms with E-state index in [1.807, 2.05) is 0 Å². The summed E-state index contributed by atoms with van der Waals surface area (Å²) in [6, 6.07) is 8.94. The first-order valence-electron chi connectivity index (χ1n) is 8.52. The number of rotatable bonds is 5. The Hall–Kier alpha value is -4.35. The second-order valence-corrected chi connectivity index (χ2v) is 6.41. The lowest BCUT2D eigenvalue weighted by molar-refractivity contribution is -0.385. The van der Waals surface area contributed by atoms with E-state index in [9.17, 15) is 29.8 Å². The Kier molecular flexibility index (Phi) is 4.38. The van der Waals surface area contributed by atoms with E-state index in [1.54, 1.807) is 0 Å². The number of amides is 2. The fourth-order valence-corrected chi connectivity index (χ4v) is 3.40. The molecule has 0 saturated carbocycles. The number of ether oxygens (including phenoxy) is 1. The Labute approximate surface area is 167 Å². The maximum absolute atomic E-state index is 13.1. The lowest BCUT2D eigenvalue weighted by atomic mass is 9.94. The van der Waals surface area contributed by atoms with Gasteiger partial charge in [0.25, 0.3) is 17.3 Å². The highest BCUT2D eigenvalue weighted by atomic mass is 16.7. The summed E-state index contributed by atoms with van der Waals surface area (Å²) in [7, 11) is 1.29. The van der Waals surface area contributed by atoms with Crippen LogP contribution in [-0.2, 0) is 14.4 Å². The number of fused-ring (bicyclic) bond motifs is 1. The number of anilines is 1. The van der Waals surface area contributed by atoms with Crippen molar-refractivity contribution in [2.45, 2.75) is 6.10 Å². The van der Waals surface area contributed by atoms with Crippen molar-refractivity contribution < 1.29 is 29.0 Å². The standard InChI is InChI=1S/C18H12N4O8/c1-29-13-6-5-11(22(27)28)8-12(13)20-17(23)14-15(19-30-16(14)18(20)24)9-3-2-4-10(7-9)21(25)26/h2-8,14,16H,1H3/t14-,16+/m0/s1. The highest BCUT2D eigenvalue weighted by Crippen LogP contribution is 2.40. The third-order valence-electron chi connectivity index (χ3n) is 4.78. The first-order valence-corrected chi connectivity index (χ1v) is 8.52. The van der Waals surface area contributed by atoms with Gasteiger partial charge in [-0.15, -0.1) is 0 Å². The monoisotopic (exact) mass is 412 g/mol. The van der Waals surface area contributed by atoms with Crippen molar-refractivity contribution in [3.05, 3.63) is 68.3 Å². The Morgan fingerprint density at radius 2 is 1.73 bits per heavy atom. The molecule has 4 rings (SSSR count). The summed E-state index contributed by atoms with van der Waals surface area (Å²) in [5.41, 5.74) is -0.331. The first-order chi connectivity index (χ1) is 14.3. The van der Waals surface area contributed by atoms with Gasteiger partial charge in [0.2, 0.25) is 12.0 Å². The van der Waals surface area contributed by atoms with Crippen LogP contribution in [0.25, 0.3) is 0 Å². The van der Waals surface area contributed by atoms with Gasteiger partial charge in [0, 0.05) is 29.8 Å². The molecular weight excluding hydrogens is 400 g/mol. The largest absolute Gasteiger partial charge is 0.495 e. The Balaban J connectivity index is 1.75. The van der Waals surface area contributed by atoms with E-state index in [0.717, 1.165) is 11.0 Å². The van der Waals surface area contributed by atoms with Crippen molar-refractivity contribution in [2.75, 3.05) is 12.0 Å². The number of oxime groups is 1. The molecule has 2 amide bonds. The van der Waals surface area contributed by atoms with Gasteiger partial charge in [-0.2, -0.15) is 0 Å². The van der Waals surface area contributed by atoms with Gasteiger partial charge in [0.05, 0.1) is 17.0 Å². The van der Waals surface area contributed by atoms with E-state index < -0.39 is 33.7 Å². The van der Waals surface area contributed by atoms with Crippen LogP contribution in [0.3, 0.4) is 0 Å². The van der Waals surface area contributed by atoms with Crippen LogP contribution in [0, 0.1) is 26.1 Å². The average molecular weight is 412 g/mol. The number of carbonyl (C=O) groups is 2. The van der Waals surface area contributed by atoms with E-state index in [-0.39, 0.29) is 34.1 Å². The fraction of sp³-hybridized carbons (Fsp3) is 0.167. The number of nitro groups is 2. The van der Waals surface area contributed by atoms with Crippen molar-refractivity contribution in [3.8, 4) is 5.75 Å². The molecule has 0 aliphatic carbocycles. The van der Waals surface area contributed by atoms with Crippen molar-refractivity contribution in [1.29, 1.82) is 0 Å². The maximum atomic E-state index is 13.1. The van der Waals surface area contributed by atoms with Crippen LogP contribution >= 0.6 is 0 Å². The molecule has 2 atom stereocenters. The van der Waals surface area contributed by atoms with Crippen molar-refractivity contribution in [2.24, 2.45) is 11.1 Å². The average Bonchev–Trinajstić information content (AvgIpc) is 3.28. The van der Waals surface area contributed by atoms with Gasteiger partial charge >= 0.3 is 0 Å². The summed E-state index contributed by atoms with van der Waals surface area (Å²) in [4.78, 5) is 52.8. The molecule has 2 aliphatic rings. The molecule has 12 nitrogen and oxygen atoms in total. The summed E-state index contributed by atoms with van der Waals surface area (Å²) in [6.45, 7) is 0. The Morgan fingerprint density at radius 3 is 2.40 bits per heavy atom. The molecule has 0 unspecified atom stereocenters. The second-order valence-electron chi connectivity index (χ2n) is 6.41. The number of imide groups is 1. The lowest BCUT2D eigenvalue weighted by Crippen LogP contribution is -2.33. The number of hydrogen-bond acceptors (Lipinski definition) is 9. The third kappa shape index (κ3) is 2.82. The highest BCUT2D eigenvalue weighted by molar-refractivity contribution is 6.33. The molecule has 2 aromatic carbocycles. The number of hydrogen-bond donors (Lipinski definition) is 0. The van der Waals surface area contributed by atoms with Crippen LogP contribution < -0.4 is 9.64 Å². The van der Waals surface area contributed by atoms with Crippen LogP contribution in [0.15, 0.2) is 47.6 Å². The first kappa shape index (κ1) is 19.0. The molecule has 30 heavy (non-hydrogen) atoms. The van der Waals surface area contributed by atoms with E-state index in [1.165, 1.54) is 43.5 Å². The molecule has 0 bridgehead atoms. The molecule has 2 heterocycles. The molecule has 152 valence electrons. The van der Waals surface area contributed by atoms with Crippen LogP contribution in [-0.4, -0.2) is 40.6 Å². The zero-order valence-corrected chi connectivity index (χ0v) is 15.3. The normalized spacial score (nSPS) is 19.9. The second kappa shape index (κ2) is 6.92. The summed E-state index contributed by atoms with van der Waals surface area (Å²) >= 11 is 0. The molecule has 1 fully saturated rings. The molecule has 1 saturated heterocycles. The third-order valence-corrected chi connectivity index (χ3v) is 4.78. The quantitative estimate of drug-likeness (QED) is 0.409. The van der Waals surface area contributed by atoms with Crippen molar-refractivity contribution >= 4 is 34.6 Å². The minimum atomic E-state index is -1.28. The molecular formula is C18H12N4O8. The highest BCUT2D eigenvalue weighted by Gasteiger charge is 2.57. The zero-order chi connectivity index (χ0) is 21.6. The summed E-state index contributed by atoms with van der Waals surface area (Å²) < 4.78 is 5.15. The Bertz CT molecular complexity index is 1140. The molecule has 0 spiro atoms. The number of carbonyl (C=O) groups excluding carboxylic acids is 2. The molecule has 0 aromatic heterocycles. The van der Waals surface area contributed by atoms with Crippen LogP contribution in [0.4, 0.5) is 17.1 Å². The van der Waals surface area contributed by atoms with Crippen LogP contribution in [0.1, 0.15) is 5.56 Å². The number of nitrogens with zero attached hydrogens (tertiary/aromatic N) is 4. The Morgan fingerprint density at radius 1 is 1.03 bits per heavy atom. The van der Waals surface area contributed by atoms with Gasteiger partial charge in [0.15, 0.2) is 0 Å². The van der Waals surface area contributed by atoms with Crippen molar-refractivity contribution in [1.82, 2.24) is 0 Å². The summed E-state index contributed by atoms with van der Waals surface area (Å²) in [5.74, 6) is -2.57. The predicted octanol–water partition coefficient (Wildman–Crippen LogP) is 1.80. The van der Waals surface area contributed by atoms with Crippen molar-refractivity contribution in [3.63, 3.8) is 0 Å². The molecule has 12 heteroatoms. The topological polar surface area (TPSA) is 154 Å². The number of nitro benzene ring substituents is 2. The van der Waals surface area contributed by atoms with Gasteiger partial charge < -0.3 is 9.57 Å². The smallest absolute Gasteiger partial charge is 0.279 e. The SMILES string of the molecule is COc1ccc([N+](=O)[O-])cc1N1C(=O)[C@H]2C(c3cccc([N+](=O)[O-])c3)=NO[C@H]2C1=O. The van der Waals surface area contributed by atoms with Gasteiger partial charge in [-0.1, -0.05) is 17.3 Å². The van der Waals surface area contributed by atoms with E-state index >= 15 is 0 Å². The van der Waals surface area contributed by atoms with Crippen LogP contribution in [0.5, 0.6) is 5.75 Å². The summed E-state index contributed by atoms with van der Waals surface area (Å²) in [6.07, 6.45) is -1.28. The van der Waals surface area contributed by atoms with E-state index in [0.29, 0.717) is 0 Å². The van der Waals surface area contributed by atoms with Crippen LogP contribution in [0.2, 0.25) is 0 Å². The summed E-state index contributed by atoms with van der Waals surface area (Å²) in [5, 5.41) is 26.0. The van der Waals surface area contributed by atoms with Gasteiger partial charge in [-0.05, 0) is 6.07 Å². The lowest BCUT2D eigenvalue weighted by Gasteiger charge is -2.18. The minimum Gasteiger partial charge on any atom is -0.495 e. The fourth-order valence-electron chi connectivity index (χ4n) is 3.40. The van der Waals surface area contributed by atoms with Gasteiger partial charge in [0.1, 0.15) is 23.1 Å². The van der Waals surface area contributed by atoms with E-state index in [2.05, 4.69) is 5.16 Å². The number of methoxy groups -OCH3 is 1. The number of non-ortho nitro benzene ring substituents is 2. The predicted molar refractivity (Wildman–Crippen MR) is 100 cm³/mol. The molecule has 2 aliphatic heterocycles. The maximum Gasteiger partial charge on any atom is 0.279 e.